The lowest BCUT2D eigenvalue weighted by Crippen LogP contribution is -2.27. The molecule has 6 nitrogen and oxygen atoms in total. The highest BCUT2D eigenvalue weighted by Gasteiger charge is 2.21. The maximum atomic E-state index is 11.6. The second-order valence-electron chi connectivity index (χ2n) is 4.64. The van der Waals surface area contributed by atoms with Gasteiger partial charge in [-0.15, -0.1) is 0 Å². The topological polar surface area (TPSA) is 98.5 Å². The third-order valence-electron chi connectivity index (χ3n) is 3.26. The number of hydrogen-bond donors (Lipinski definition) is 1. The molecule has 2 rings (SSSR count). The van der Waals surface area contributed by atoms with E-state index in [-0.39, 0.29) is 22.6 Å². The molecule has 1 aliphatic heterocycles. The average Bonchev–Trinajstić information content (AvgIpc) is 2.59. The molecule has 0 aromatic heterocycles. The molecular formula is C13H14N2O4S. The number of nitrogens with zero attached hydrogens (tertiary/aromatic N) is 2. The second-order valence-corrected chi connectivity index (χ2v) is 6.94. The molecule has 1 N–H and O–H groups in total. The lowest BCUT2D eigenvalue weighted by Gasteiger charge is -2.23. The van der Waals surface area contributed by atoms with Crippen molar-refractivity contribution in [1.29, 1.82) is 5.26 Å². The van der Waals surface area contributed by atoms with Crippen molar-refractivity contribution < 1.29 is 18.3 Å². The van der Waals surface area contributed by atoms with Crippen molar-refractivity contribution in [3.63, 3.8) is 0 Å². The number of carbonyl (C=O) groups is 1. The van der Waals surface area contributed by atoms with Crippen LogP contribution in [-0.2, 0) is 9.84 Å². The molecule has 0 bridgehead atoms. The summed E-state index contributed by atoms with van der Waals surface area (Å²) in [6.07, 6.45) is 0.508. The highest BCUT2D eigenvalue weighted by Crippen LogP contribution is 2.23. The molecule has 0 amide bonds. The van der Waals surface area contributed by atoms with Crippen LogP contribution in [0.25, 0.3) is 0 Å². The number of aromatic carboxylic acids is 1. The predicted molar refractivity (Wildman–Crippen MR) is 73.6 cm³/mol. The van der Waals surface area contributed by atoms with Crippen LogP contribution in [0.2, 0.25) is 0 Å². The molecule has 0 unspecified atom stereocenters. The normalized spacial score (nSPS) is 18.1. The Kier molecular flexibility index (Phi) is 3.95. The van der Waals surface area contributed by atoms with Crippen LogP contribution in [0.5, 0.6) is 0 Å². The number of nitriles is 1. The number of carboxylic acid groups (broad SMARTS) is 1. The van der Waals surface area contributed by atoms with Crippen LogP contribution < -0.4 is 4.90 Å². The molecule has 0 saturated carbocycles. The smallest absolute Gasteiger partial charge is 0.335 e. The highest BCUT2D eigenvalue weighted by atomic mass is 32.2. The van der Waals surface area contributed by atoms with Crippen LogP contribution in [0.15, 0.2) is 18.2 Å². The molecule has 1 fully saturated rings. The first-order valence-electron chi connectivity index (χ1n) is 6.16. The van der Waals surface area contributed by atoms with Gasteiger partial charge in [0.1, 0.15) is 6.07 Å². The number of anilines is 1. The fourth-order valence-corrected chi connectivity index (χ4v) is 3.49. The Morgan fingerprint density at radius 2 is 2.05 bits per heavy atom. The maximum absolute atomic E-state index is 11.6. The van der Waals surface area contributed by atoms with Gasteiger partial charge in [-0.3, -0.25) is 0 Å². The molecule has 0 radical (unpaired) electrons. The van der Waals surface area contributed by atoms with E-state index in [1.807, 2.05) is 11.0 Å². The van der Waals surface area contributed by atoms with Crippen molar-refractivity contribution >= 4 is 21.5 Å². The first-order chi connectivity index (χ1) is 9.43. The Morgan fingerprint density at radius 3 is 2.70 bits per heavy atom. The van der Waals surface area contributed by atoms with Gasteiger partial charge in [-0.1, -0.05) is 0 Å². The molecule has 0 spiro atoms. The Labute approximate surface area is 117 Å². The average molecular weight is 294 g/mol. The summed E-state index contributed by atoms with van der Waals surface area (Å²) in [4.78, 5) is 12.7. The summed E-state index contributed by atoms with van der Waals surface area (Å²) in [6, 6.07) is 6.29. The monoisotopic (exact) mass is 294 g/mol. The minimum absolute atomic E-state index is 0.0488. The van der Waals surface area contributed by atoms with E-state index in [2.05, 4.69) is 0 Å². The fraction of sp³-hybridized carbons (Fsp3) is 0.385. The Balaban J connectivity index is 2.33. The molecule has 0 aliphatic carbocycles. The Morgan fingerprint density at radius 1 is 1.30 bits per heavy atom. The molecule has 1 heterocycles. The van der Waals surface area contributed by atoms with Gasteiger partial charge in [-0.25, -0.2) is 13.2 Å². The third-order valence-corrected chi connectivity index (χ3v) is 4.98. The van der Waals surface area contributed by atoms with Crippen LogP contribution in [0.1, 0.15) is 22.3 Å². The van der Waals surface area contributed by atoms with Crippen molar-refractivity contribution in [2.45, 2.75) is 6.42 Å². The van der Waals surface area contributed by atoms with E-state index in [0.29, 0.717) is 25.2 Å². The summed E-state index contributed by atoms with van der Waals surface area (Å²) < 4.78 is 23.2. The molecule has 7 heteroatoms. The predicted octanol–water partition coefficient (Wildman–Crippen LogP) is 0.881. The van der Waals surface area contributed by atoms with E-state index >= 15 is 0 Å². The van der Waals surface area contributed by atoms with Crippen molar-refractivity contribution in [1.82, 2.24) is 0 Å². The number of benzene rings is 1. The molecule has 1 aliphatic rings. The molecule has 0 atom stereocenters. The van der Waals surface area contributed by atoms with Gasteiger partial charge >= 0.3 is 5.97 Å². The first-order valence-corrected chi connectivity index (χ1v) is 7.98. The summed E-state index contributed by atoms with van der Waals surface area (Å²) in [5, 5.41) is 18.1. The van der Waals surface area contributed by atoms with E-state index in [1.165, 1.54) is 12.1 Å². The van der Waals surface area contributed by atoms with Gasteiger partial charge in [0.05, 0.1) is 28.3 Å². The maximum Gasteiger partial charge on any atom is 0.335 e. The van der Waals surface area contributed by atoms with Gasteiger partial charge in [-0.05, 0) is 24.6 Å². The quantitative estimate of drug-likeness (QED) is 0.869. The summed E-state index contributed by atoms with van der Waals surface area (Å²) in [6.45, 7) is 0.865. The second kappa shape index (κ2) is 5.51. The van der Waals surface area contributed by atoms with Gasteiger partial charge in [-0.2, -0.15) is 5.26 Å². The summed E-state index contributed by atoms with van der Waals surface area (Å²) in [5.41, 5.74) is 0.895. The Hall–Kier alpha value is -2.07. The lowest BCUT2D eigenvalue weighted by atomic mass is 10.1. The number of rotatable bonds is 2. The fourth-order valence-electron chi connectivity index (χ4n) is 2.21. The van der Waals surface area contributed by atoms with Crippen LogP contribution in [-0.4, -0.2) is 44.1 Å². The zero-order valence-corrected chi connectivity index (χ0v) is 11.6. The van der Waals surface area contributed by atoms with Gasteiger partial charge < -0.3 is 10.0 Å². The highest BCUT2D eigenvalue weighted by molar-refractivity contribution is 7.91. The largest absolute Gasteiger partial charge is 0.478 e. The number of sulfone groups is 1. The SMILES string of the molecule is N#Cc1cc(C(=O)O)ccc1N1CCCS(=O)(=O)CC1. The van der Waals surface area contributed by atoms with E-state index in [1.54, 1.807) is 6.07 Å². The van der Waals surface area contributed by atoms with Crippen LogP contribution in [0.4, 0.5) is 5.69 Å². The van der Waals surface area contributed by atoms with Crippen LogP contribution in [0, 0.1) is 11.3 Å². The van der Waals surface area contributed by atoms with Crippen LogP contribution >= 0.6 is 0 Å². The van der Waals surface area contributed by atoms with E-state index in [4.69, 9.17) is 10.4 Å². The standard InChI is InChI=1S/C13H14N2O4S/c14-9-11-8-10(13(16)17)2-3-12(11)15-4-1-6-20(18,19)7-5-15/h2-3,8H,1,4-7H2,(H,16,17). The molecule has 1 saturated heterocycles. The minimum atomic E-state index is -3.02. The van der Waals surface area contributed by atoms with Crippen LogP contribution in [0.3, 0.4) is 0 Å². The van der Waals surface area contributed by atoms with E-state index in [0.717, 1.165) is 0 Å². The van der Waals surface area contributed by atoms with Crippen molar-refractivity contribution in [2.75, 3.05) is 29.5 Å². The van der Waals surface area contributed by atoms with Gasteiger partial charge in [0.2, 0.25) is 0 Å². The van der Waals surface area contributed by atoms with E-state index < -0.39 is 15.8 Å². The van der Waals surface area contributed by atoms with Crippen molar-refractivity contribution in [3.05, 3.63) is 29.3 Å². The molecule has 106 valence electrons. The minimum Gasteiger partial charge on any atom is -0.478 e. The third kappa shape index (κ3) is 3.08. The zero-order valence-electron chi connectivity index (χ0n) is 10.7. The van der Waals surface area contributed by atoms with E-state index in [9.17, 15) is 13.2 Å². The first kappa shape index (κ1) is 14.3. The molecule has 1 aromatic rings. The number of hydrogen-bond acceptors (Lipinski definition) is 5. The number of carboxylic acids is 1. The summed E-state index contributed by atoms with van der Waals surface area (Å²) in [5.74, 6) is -0.886. The molecule has 20 heavy (non-hydrogen) atoms. The van der Waals surface area contributed by atoms with Gasteiger partial charge in [0.25, 0.3) is 0 Å². The Bertz CT molecular complexity index is 676. The van der Waals surface area contributed by atoms with Gasteiger partial charge in [0, 0.05) is 13.1 Å². The lowest BCUT2D eigenvalue weighted by molar-refractivity contribution is 0.0697. The van der Waals surface area contributed by atoms with Gasteiger partial charge in [0.15, 0.2) is 9.84 Å². The zero-order chi connectivity index (χ0) is 14.8. The summed E-state index contributed by atoms with van der Waals surface area (Å²) in [7, 11) is -3.02. The molecular weight excluding hydrogens is 280 g/mol. The summed E-state index contributed by atoms with van der Waals surface area (Å²) >= 11 is 0. The van der Waals surface area contributed by atoms with Crippen molar-refractivity contribution in [2.24, 2.45) is 0 Å². The molecule has 1 aromatic carbocycles. The van der Waals surface area contributed by atoms with Crippen molar-refractivity contribution in [3.8, 4) is 6.07 Å².